The van der Waals surface area contributed by atoms with E-state index in [9.17, 15) is 14.7 Å². The Morgan fingerprint density at radius 1 is 1.71 bits per heavy atom. The average molecular weight is 214 g/mol. The van der Waals surface area contributed by atoms with Crippen LogP contribution in [0.1, 0.15) is 6.92 Å². The lowest BCUT2D eigenvalue weighted by Crippen LogP contribution is -2.83. The van der Waals surface area contributed by atoms with Crippen LogP contribution in [0.4, 0.5) is 0 Å². The second-order valence-corrected chi connectivity index (χ2v) is 4.54. The molecule has 2 heterocycles. The van der Waals surface area contributed by atoms with Gasteiger partial charge in [-0.3, -0.25) is 9.69 Å². The number of rotatable bonds is 1. The van der Waals surface area contributed by atoms with Crippen molar-refractivity contribution in [2.75, 3.05) is 5.75 Å². The van der Waals surface area contributed by atoms with Crippen molar-refractivity contribution in [1.29, 1.82) is 0 Å². The van der Waals surface area contributed by atoms with E-state index in [-0.39, 0.29) is 23.0 Å². The fourth-order valence-corrected chi connectivity index (χ4v) is 2.97. The zero-order valence-electron chi connectivity index (χ0n) is 7.65. The minimum Gasteiger partial charge on any atom is -0.543 e. The molecule has 0 bridgehead atoms. The smallest absolute Gasteiger partial charge is 0.289 e. The molecule has 2 rings (SSSR count). The van der Waals surface area contributed by atoms with Gasteiger partial charge in [0.1, 0.15) is 5.37 Å². The van der Waals surface area contributed by atoms with Gasteiger partial charge in [0.25, 0.3) is 5.91 Å². The van der Waals surface area contributed by atoms with E-state index >= 15 is 0 Å². The molecule has 14 heavy (non-hydrogen) atoms. The molecule has 1 amide bonds. The van der Waals surface area contributed by atoms with Crippen LogP contribution in [-0.4, -0.2) is 33.9 Å². The van der Waals surface area contributed by atoms with E-state index < -0.39 is 5.97 Å². The van der Waals surface area contributed by atoms with Gasteiger partial charge in [-0.05, 0) is 12.5 Å². The molecule has 6 heteroatoms. The third-order valence-corrected chi connectivity index (χ3v) is 3.94. The SMILES string of the molecule is CC1=C(C(=O)[O-])N2C(=O)[C@@H]([NH3+])[C@@H]2SC1. The van der Waals surface area contributed by atoms with E-state index in [1.54, 1.807) is 18.7 Å². The Morgan fingerprint density at radius 3 is 2.93 bits per heavy atom. The van der Waals surface area contributed by atoms with Crippen LogP contribution >= 0.6 is 11.8 Å². The summed E-state index contributed by atoms with van der Waals surface area (Å²) >= 11 is 1.55. The van der Waals surface area contributed by atoms with E-state index in [1.807, 2.05) is 0 Å². The summed E-state index contributed by atoms with van der Waals surface area (Å²) < 4.78 is 0. The van der Waals surface area contributed by atoms with Crippen molar-refractivity contribution in [3.63, 3.8) is 0 Å². The minimum absolute atomic E-state index is 0.0404. The summed E-state index contributed by atoms with van der Waals surface area (Å²) in [5.74, 6) is -0.863. The van der Waals surface area contributed by atoms with Gasteiger partial charge in [0, 0.05) is 5.75 Å². The molecule has 76 valence electrons. The van der Waals surface area contributed by atoms with Crippen molar-refractivity contribution in [3.8, 4) is 0 Å². The topological polar surface area (TPSA) is 88.1 Å². The summed E-state index contributed by atoms with van der Waals surface area (Å²) in [5.41, 5.74) is 4.41. The molecular formula is C8H10N2O3S. The first kappa shape index (κ1) is 9.54. The Hall–Kier alpha value is -1.01. The van der Waals surface area contributed by atoms with E-state index in [0.717, 1.165) is 0 Å². The minimum atomic E-state index is -1.27. The van der Waals surface area contributed by atoms with E-state index in [4.69, 9.17) is 0 Å². The van der Waals surface area contributed by atoms with Crippen molar-refractivity contribution in [1.82, 2.24) is 4.90 Å². The van der Waals surface area contributed by atoms with Gasteiger partial charge in [-0.2, -0.15) is 0 Å². The van der Waals surface area contributed by atoms with Gasteiger partial charge in [0.05, 0.1) is 11.7 Å². The predicted octanol–water partition coefficient (Wildman–Crippen LogP) is -2.46. The first-order valence-electron chi connectivity index (χ1n) is 4.23. The zero-order valence-corrected chi connectivity index (χ0v) is 8.47. The fraction of sp³-hybridized carbons (Fsp3) is 0.500. The number of carbonyl (C=O) groups is 2. The summed E-state index contributed by atoms with van der Waals surface area (Å²) in [7, 11) is 0. The number of carbonyl (C=O) groups excluding carboxylic acids is 2. The molecule has 1 saturated heterocycles. The van der Waals surface area contributed by atoms with E-state index in [1.165, 1.54) is 4.90 Å². The Bertz CT molecular complexity index is 352. The quantitative estimate of drug-likeness (QED) is 0.490. The lowest BCUT2D eigenvalue weighted by molar-refractivity contribution is -0.424. The van der Waals surface area contributed by atoms with Gasteiger partial charge in [0.15, 0.2) is 6.04 Å². The maximum absolute atomic E-state index is 11.4. The van der Waals surface area contributed by atoms with Crippen LogP contribution in [0.25, 0.3) is 0 Å². The van der Waals surface area contributed by atoms with Crippen LogP contribution < -0.4 is 10.8 Å². The van der Waals surface area contributed by atoms with Crippen molar-refractivity contribution in [2.24, 2.45) is 0 Å². The second kappa shape index (κ2) is 2.99. The molecule has 5 nitrogen and oxygen atoms in total. The Labute approximate surface area is 84.9 Å². The molecule has 0 unspecified atom stereocenters. The molecule has 0 radical (unpaired) electrons. The molecular weight excluding hydrogens is 204 g/mol. The number of fused-ring (bicyclic) bond motifs is 1. The van der Waals surface area contributed by atoms with Gasteiger partial charge < -0.3 is 15.6 Å². The third kappa shape index (κ3) is 1.07. The molecule has 1 fully saturated rings. The van der Waals surface area contributed by atoms with Crippen molar-refractivity contribution in [3.05, 3.63) is 11.3 Å². The number of aliphatic carboxylic acids is 1. The van der Waals surface area contributed by atoms with Crippen LogP contribution in [0.15, 0.2) is 11.3 Å². The van der Waals surface area contributed by atoms with Gasteiger partial charge in [-0.1, -0.05) is 0 Å². The lowest BCUT2D eigenvalue weighted by atomic mass is 10.0. The van der Waals surface area contributed by atoms with Crippen molar-refractivity contribution < 1.29 is 20.4 Å². The summed E-state index contributed by atoms with van der Waals surface area (Å²) in [6.07, 6.45) is 0. The normalized spacial score (nSPS) is 31.3. The molecule has 0 saturated carbocycles. The highest BCUT2D eigenvalue weighted by molar-refractivity contribution is 8.00. The Balaban J connectivity index is 2.37. The van der Waals surface area contributed by atoms with Gasteiger partial charge in [-0.25, -0.2) is 0 Å². The number of carboxylic acid groups (broad SMARTS) is 1. The number of carboxylic acids is 1. The largest absolute Gasteiger partial charge is 0.543 e. The summed E-state index contributed by atoms with van der Waals surface area (Å²) in [5, 5.41) is 10.7. The maximum Gasteiger partial charge on any atom is 0.289 e. The Kier molecular flexibility index (Phi) is 2.04. The van der Waals surface area contributed by atoms with Crippen molar-refractivity contribution >= 4 is 23.6 Å². The van der Waals surface area contributed by atoms with Crippen LogP contribution in [0.5, 0.6) is 0 Å². The number of β-lactam (4-membered cyclic amide) rings is 1. The number of thioether (sulfide) groups is 1. The summed E-state index contributed by atoms with van der Waals surface area (Å²) in [4.78, 5) is 23.5. The first-order valence-corrected chi connectivity index (χ1v) is 5.27. The monoisotopic (exact) mass is 214 g/mol. The molecule has 2 atom stereocenters. The number of amides is 1. The molecule has 2 aliphatic heterocycles. The number of quaternary nitrogens is 1. The highest BCUT2D eigenvalue weighted by atomic mass is 32.2. The molecule has 0 aromatic rings. The van der Waals surface area contributed by atoms with Crippen LogP contribution in [-0.2, 0) is 9.59 Å². The van der Waals surface area contributed by atoms with Crippen LogP contribution in [0.3, 0.4) is 0 Å². The zero-order chi connectivity index (χ0) is 10.5. The standard InChI is InChI=1S/C8H10N2O3S/c1-3-2-14-7-4(9)6(11)10(7)5(3)8(12)13/h4,7H,2,9H2,1H3,(H,12,13)/t4-,7+/m1/s1. The number of hydrogen-bond donors (Lipinski definition) is 1. The molecule has 0 aromatic carbocycles. The molecule has 0 aromatic heterocycles. The maximum atomic E-state index is 11.4. The van der Waals surface area contributed by atoms with Crippen molar-refractivity contribution in [2.45, 2.75) is 18.3 Å². The molecule has 2 aliphatic rings. The van der Waals surface area contributed by atoms with E-state index in [2.05, 4.69) is 5.73 Å². The second-order valence-electron chi connectivity index (χ2n) is 3.43. The number of hydrogen-bond acceptors (Lipinski definition) is 4. The lowest BCUT2D eigenvalue weighted by Gasteiger charge is -2.46. The number of nitrogens with zero attached hydrogens (tertiary/aromatic N) is 1. The molecule has 3 N–H and O–H groups in total. The molecule has 0 aliphatic carbocycles. The third-order valence-electron chi connectivity index (χ3n) is 2.46. The van der Waals surface area contributed by atoms with Gasteiger partial charge in [-0.15, -0.1) is 11.8 Å². The van der Waals surface area contributed by atoms with Gasteiger partial charge >= 0.3 is 0 Å². The summed E-state index contributed by atoms with van der Waals surface area (Å²) in [6, 6.07) is -0.317. The summed E-state index contributed by atoms with van der Waals surface area (Å²) in [6.45, 7) is 1.71. The predicted molar refractivity (Wildman–Crippen MR) is 47.5 cm³/mol. The van der Waals surface area contributed by atoms with Crippen LogP contribution in [0.2, 0.25) is 0 Å². The average Bonchev–Trinajstić information content (AvgIpc) is 2.15. The highest BCUT2D eigenvalue weighted by Gasteiger charge is 2.52. The van der Waals surface area contributed by atoms with Gasteiger partial charge in [0.2, 0.25) is 0 Å². The highest BCUT2D eigenvalue weighted by Crippen LogP contribution is 2.38. The Morgan fingerprint density at radius 2 is 2.36 bits per heavy atom. The van der Waals surface area contributed by atoms with Crippen LogP contribution in [0, 0.1) is 0 Å². The fourth-order valence-electron chi connectivity index (χ4n) is 1.71. The molecule has 0 spiro atoms. The van der Waals surface area contributed by atoms with E-state index in [0.29, 0.717) is 11.3 Å². The first-order chi connectivity index (χ1) is 6.54.